The van der Waals surface area contributed by atoms with Gasteiger partial charge in [-0.05, 0) is 24.5 Å². The van der Waals surface area contributed by atoms with Crippen molar-refractivity contribution in [3.63, 3.8) is 0 Å². The van der Waals surface area contributed by atoms with Gasteiger partial charge in [-0.15, -0.1) is 0 Å². The zero-order valence-electron chi connectivity index (χ0n) is 14.9. The van der Waals surface area contributed by atoms with Crippen LogP contribution in [0.3, 0.4) is 0 Å². The van der Waals surface area contributed by atoms with E-state index in [0.717, 1.165) is 42.6 Å². The molecule has 2 heterocycles. The van der Waals surface area contributed by atoms with Crippen molar-refractivity contribution >= 4 is 17.8 Å². The predicted octanol–water partition coefficient (Wildman–Crippen LogP) is 5.16. The maximum absolute atomic E-state index is 13.0. The van der Waals surface area contributed by atoms with Crippen molar-refractivity contribution in [1.29, 1.82) is 0 Å². The van der Waals surface area contributed by atoms with Crippen molar-refractivity contribution in [2.24, 2.45) is 4.99 Å². The Morgan fingerprint density at radius 1 is 1.00 bits per heavy atom. The molecule has 2 aliphatic heterocycles. The van der Waals surface area contributed by atoms with E-state index in [1.165, 1.54) is 25.7 Å². The minimum Gasteiger partial charge on any atom is -0.317 e. The van der Waals surface area contributed by atoms with Gasteiger partial charge in [-0.2, -0.15) is 4.99 Å². The lowest BCUT2D eigenvalue weighted by molar-refractivity contribution is -0.125. The Hall–Kier alpha value is -1.90. The van der Waals surface area contributed by atoms with E-state index in [0.29, 0.717) is 0 Å². The number of aliphatic imine (C=N–C) groups is 1. The highest BCUT2D eigenvalue weighted by Gasteiger charge is 2.49. The number of amidine groups is 1. The molecule has 0 radical (unpaired) electrons. The Bertz CT molecular complexity index is 650. The minimum absolute atomic E-state index is 0.0612. The molecule has 0 fully saturated rings. The molecule has 0 saturated heterocycles. The number of carbonyl (C=O) groups excluding carboxylic acids is 1. The lowest BCUT2D eigenvalue weighted by Crippen LogP contribution is -2.49. The lowest BCUT2D eigenvalue weighted by Gasteiger charge is -2.38. The molecule has 2 aliphatic rings. The van der Waals surface area contributed by atoms with Gasteiger partial charge in [0, 0.05) is 11.8 Å². The summed E-state index contributed by atoms with van der Waals surface area (Å²) in [7, 11) is 0. The first-order valence-electron chi connectivity index (χ1n) is 9.43. The minimum atomic E-state index is -0.455. The lowest BCUT2D eigenvalue weighted by atomic mass is 9.84. The Morgan fingerprint density at radius 3 is 2.33 bits per heavy atom. The highest BCUT2D eigenvalue weighted by Crippen LogP contribution is 2.39. The largest absolute Gasteiger partial charge is 0.317 e. The van der Waals surface area contributed by atoms with Gasteiger partial charge in [-0.1, -0.05) is 76.6 Å². The van der Waals surface area contributed by atoms with Crippen LogP contribution in [0.1, 0.15) is 76.3 Å². The highest BCUT2D eigenvalue weighted by molar-refractivity contribution is 6.16. The van der Waals surface area contributed by atoms with E-state index >= 15 is 0 Å². The van der Waals surface area contributed by atoms with Crippen molar-refractivity contribution in [2.45, 2.75) is 70.8 Å². The van der Waals surface area contributed by atoms with Gasteiger partial charge in [0.05, 0.1) is 0 Å². The van der Waals surface area contributed by atoms with Crippen molar-refractivity contribution in [3.05, 3.63) is 41.6 Å². The molecule has 0 bridgehead atoms. The number of hydrogen-bond donors (Lipinski definition) is 0. The van der Waals surface area contributed by atoms with Gasteiger partial charge in [-0.3, -0.25) is 4.79 Å². The smallest absolute Gasteiger partial charge is 0.273 e. The topological polar surface area (TPSA) is 32.7 Å². The molecule has 0 unspecified atom stereocenters. The molecule has 128 valence electrons. The number of carbonyl (C=O) groups is 1. The number of rotatable bonds is 8. The van der Waals surface area contributed by atoms with Gasteiger partial charge >= 0.3 is 0 Å². The van der Waals surface area contributed by atoms with Crippen molar-refractivity contribution < 1.29 is 4.79 Å². The van der Waals surface area contributed by atoms with Gasteiger partial charge < -0.3 is 4.90 Å². The molecule has 3 heteroatoms. The predicted molar refractivity (Wildman–Crippen MR) is 99.9 cm³/mol. The Labute approximate surface area is 145 Å². The van der Waals surface area contributed by atoms with Crippen LogP contribution in [0.5, 0.6) is 0 Å². The number of hydrogen-bond acceptors (Lipinski definition) is 2. The summed E-state index contributed by atoms with van der Waals surface area (Å²) in [5.74, 6) is 0.914. The second-order valence-electron chi connectivity index (χ2n) is 6.96. The van der Waals surface area contributed by atoms with Gasteiger partial charge in [0.15, 0.2) is 0 Å². The summed E-state index contributed by atoms with van der Waals surface area (Å²) in [5, 5.41) is 0. The van der Waals surface area contributed by atoms with Gasteiger partial charge in [0.25, 0.3) is 5.91 Å². The molecule has 0 spiro atoms. The normalized spacial score (nSPS) is 17.7. The number of nitrogens with zero attached hydrogens (tertiary/aromatic N) is 2. The maximum Gasteiger partial charge on any atom is 0.273 e. The molecule has 3 rings (SSSR count). The number of benzene rings is 1. The fourth-order valence-electron chi connectivity index (χ4n) is 3.88. The monoisotopic (exact) mass is 324 g/mol. The highest BCUT2D eigenvalue weighted by atomic mass is 16.2. The molecular formula is C21H28N2O. The average Bonchev–Trinajstić information content (AvgIpc) is 2.88. The van der Waals surface area contributed by atoms with Crippen LogP contribution in [0.2, 0.25) is 0 Å². The summed E-state index contributed by atoms with van der Waals surface area (Å²) in [6.45, 7) is 4.42. The fourth-order valence-corrected chi connectivity index (χ4v) is 3.88. The summed E-state index contributed by atoms with van der Waals surface area (Å²) in [5.41, 5.74) is 1.78. The van der Waals surface area contributed by atoms with E-state index in [4.69, 9.17) is 0 Å². The molecule has 0 aliphatic carbocycles. The van der Waals surface area contributed by atoms with E-state index in [-0.39, 0.29) is 5.91 Å². The van der Waals surface area contributed by atoms with E-state index in [2.05, 4.69) is 48.1 Å². The molecule has 1 aromatic carbocycles. The number of amides is 1. The molecular weight excluding hydrogens is 296 g/mol. The summed E-state index contributed by atoms with van der Waals surface area (Å²) in [6, 6.07) is 8.22. The van der Waals surface area contributed by atoms with E-state index < -0.39 is 5.54 Å². The second-order valence-corrected chi connectivity index (χ2v) is 6.96. The standard InChI is InChI=1S/C21H28N2O/c1-3-5-9-14-21(15-10-6-4-2)20(24)22-19-18-12-8-7-11-17(18)13-16-23(19)21/h7-8,11-13,16H,3-6,9-10,14-15H2,1-2H3. The third kappa shape index (κ3) is 2.92. The number of unbranched alkanes of at least 4 members (excludes halogenated alkanes) is 4. The van der Waals surface area contributed by atoms with Gasteiger partial charge in [-0.25, -0.2) is 0 Å². The maximum atomic E-state index is 13.0. The van der Waals surface area contributed by atoms with Gasteiger partial charge in [0.1, 0.15) is 11.4 Å². The van der Waals surface area contributed by atoms with Crippen LogP contribution in [-0.4, -0.2) is 22.2 Å². The Balaban J connectivity index is 1.91. The zero-order chi connectivity index (χ0) is 17.0. The number of fused-ring (bicyclic) bond motifs is 3. The molecule has 1 amide bonds. The van der Waals surface area contributed by atoms with Crippen LogP contribution in [0, 0.1) is 0 Å². The van der Waals surface area contributed by atoms with Crippen LogP contribution in [0.25, 0.3) is 6.08 Å². The zero-order valence-corrected chi connectivity index (χ0v) is 14.9. The van der Waals surface area contributed by atoms with Crippen LogP contribution in [-0.2, 0) is 4.79 Å². The third-order valence-corrected chi connectivity index (χ3v) is 5.29. The van der Waals surface area contributed by atoms with Crippen LogP contribution in [0.15, 0.2) is 35.5 Å². The van der Waals surface area contributed by atoms with E-state index in [1.807, 2.05) is 12.1 Å². The second kappa shape index (κ2) is 7.33. The van der Waals surface area contributed by atoms with Gasteiger partial charge in [0.2, 0.25) is 0 Å². The third-order valence-electron chi connectivity index (χ3n) is 5.29. The van der Waals surface area contributed by atoms with Crippen molar-refractivity contribution in [1.82, 2.24) is 4.90 Å². The summed E-state index contributed by atoms with van der Waals surface area (Å²) < 4.78 is 0. The molecule has 0 N–H and O–H groups in total. The van der Waals surface area contributed by atoms with Crippen molar-refractivity contribution in [3.8, 4) is 0 Å². The average molecular weight is 324 g/mol. The molecule has 24 heavy (non-hydrogen) atoms. The molecule has 0 aromatic heterocycles. The van der Waals surface area contributed by atoms with E-state index in [9.17, 15) is 4.79 Å². The molecule has 1 aromatic rings. The van der Waals surface area contributed by atoms with E-state index in [1.54, 1.807) is 0 Å². The molecule has 0 atom stereocenters. The summed E-state index contributed by atoms with van der Waals surface area (Å²) >= 11 is 0. The summed E-state index contributed by atoms with van der Waals surface area (Å²) in [6.07, 6.45) is 12.9. The first-order valence-corrected chi connectivity index (χ1v) is 9.43. The fraction of sp³-hybridized carbons (Fsp3) is 0.524. The van der Waals surface area contributed by atoms with Crippen LogP contribution < -0.4 is 0 Å². The molecule has 3 nitrogen and oxygen atoms in total. The quantitative estimate of drug-likeness (QED) is 0.619. The summed E-state index contributed by atoms with van der Waals surface area (Å²) in [4.78, 5) is 19.7. The Morgan fingerprint density at radius 2 is 1.67 bits per heavy atom. The first kappa shape index (κ1) is 16.9. The van der Waals surface area contributed by atoms with Crippen LogP contribution >= 0.6 is 0 Å². The molecule has 0 saturated carbocycles. The first-order chi connectivity index (χ1) is 11.7. The Kier molecular flexibility index (Phi) is 5.17. The SMILES string of the molecule is CCCCCC1(CCCCC)C(=O)N=C2c3ccccc3C=CN21. The van der Waals surface area contributed by atoms with Crippen molar-refractivity contribution in [2.75, 3.05) is 0 Å². The van der Waals surface area contributed by atoms with Crippen LogP contribution in [0.4, 0.5) is 0 Å².